The molecule has 1 N–H and O–H groups in total. The van der Waals surface area contributed by atoms with Gasteiger partial charge < -0.3 is 10.2 Å². The number of halogens is 3. The van der Waals surface area contributed by atoms with Crippen LogP contribution in [0.4, 0.5) is 13.2 Å². The van der Waals surface area contributed by atoms with E-state index in [9.17, 15) is 26.4 Å². The largest absolute Gasteiger partial charge is 0.417 e. The number of piperidine rings is 2. The van der Waals surface area contributed by atoms with Gasteiger partial charge in [-0.15, -0.1) is 0 Å². The first kappa shape index (κ1) is 22.0. The van der Waals surface area contributed by atoms with E-state index in [1.807, 2.05) is 7.05 Å². The smallest absolute Gasteiger partial charge is 0.353 e. The first-order valence-corrected chi connectivity index (χ1v) is 11.2. The van der Waals surface area contributed by atoms with Crippen LogP contribution in [0.3, 0.4) is 0 Å². The lowest BCUT2D eigenvalue weighted by Gasteiger charge is -2.33. The molecule has 0 aliphatic carbocycles. The van der Waals surface area contributed by atoms with Crippen LogP contribution in [0, 0.1) is 5.92 Å². The predicted molar refractivity (Wildman–Crippen MR) is 102 cm³/mol. The molecule has 162 valence electrons. The summed E-state index contributed by atoms with van der Waals surface area (Å²) in [5.41, 5.74) is -1.16. The van der Waals surface area contributed by atoms with Gasteiger partial charge >= 0.3 is 6.18 Å². The van der Waals surface area contributed by atoms with Crippen molar-refractivity contribution in [3.05, 3.63) is 29.8 Å². The van der Waals surface area contributed by atoms with Gasteiger partial charge in [0.2, 0.25) is 15.9 Å². The van der Waals surface area contributed by atoms with Crippen molar-refractivity contribution in [2.24, 2.45) is 5.92 Å². The molecule has 0 spiro atoms. The van der Waals surface area contributed by atoms with E-state index in [1.54, 1.807) is 0 Å². The van der Waals surface area contributed by atoms with E-state index in [0.717, 1.165) is 42.4 Å². The molecule has 3 rings (SSSR count). The fourth-order valence-electron chi connectivity index (χ4n) is 3.90. The van der Waals surface area contributed by atoms with Gasteiger partial charge in [0.05, 0.1) is 10.5 Å². The third kappa shape index (κ3) is 5.10. The second-order valence-electron chi connectivity index (χ2n) is 7.76. The summed E-state index contributed by atoms with van der Waals surface area (Å²) in [6, 6.07) is 4.33. The molecule has 0 bridgehead atoms. The van der Waals surface area contributed by atoms with E-state index in [1.165, 1.54) is 12.1 Å². The van der Waals surface area contributed by atoms with Gasteiger partial charge in [0, 0.05) is 25.0 Å². The van der Waals surface area contributed by atoms with Crippen LogP contribution in [-0.2, 0) is 21.0 Å². The van der Waals surface area contributed by atoms with E-state index in [4.69, 9.17) is 0 Å². The highest BCUT2D eigenvalue weighted by Crippen LogP contribution is 2.36. The summed E-state index contributed by atoms with van der Waals surface area (Å²) in [5, 5.41) is 3.04. The van der Waals surface area contributed by atoms with Crippen LogP contribution in [0.25, 0.3) is 0 Å². The van der Waals surface area contributed by atoms with Gasteiger partial charge in [0.25, 0.3) is 0 Å². The van der Waals surface area contributed by atoms with Crippen LogP contribution < -0.4 is 5.32 Å². The van der Waals surface area contributed by atoms with Crippen molar-refractivity contribution < 1.29 is 26.4 Å². The van der Waals surface area contributed by atoms with Gasteiger partial charge in [0.1, 0.15) is 0 Å². The van der Waals surface area contributed by atoms with E-state index in [0.29, 0.717) is 12.8 Å². The number of nitrogens with one attached hydrogen (secondary N) is 1. The summed E-state index contributed by atoms with van der Waals surface area (Å²) in [7, 11) is -2.25. The molecule has 2 heterocycles. The Kier molecular flexibility index (Phi) is 6.54. The highest BCUT2D eigenvalue weighted by atomic mass is 32.2. The monoisotopic (exact) mass is 433 g/mol. The van der Waals surface area contributed by atoms with Gasteiger partial charge in [-0.1, -0.05) is 12.1 Å². The minimum Gasteiger partial charge on any atom is -0.353 e. The number of likely N-dealkylation sites (tertiary alicyclic amines) is 1. The number of sulfonamides is 1. The minimum absolute atomic E-state index is 0.0278. The van der Waals surface area contributed by atoms with Crippen molar-refractivity contribution >= 4 is 15.9 Å². The average Bonchev–Trinajstić information content (AvgIpc) is 2.69. The van der Waals surface area contributed by atoms with E-state index in [2.05, 4.69) is 10.2 Å². The zero-order valence-electron chi connectivity index (χ0n) is 16.3. The number of carbonyl (C=O) groups is 1. The van der Waals surface area contributed by atoms with Crippen molar-refractivity contribution in [3.63, 3.8) is 0 Å². The molecular formula is C19H26F3N3O3S. The van der Waals surface area contributed by atoms with Gasteiger partial charge in [-0.2, -0.15) is 17.5 Å². The maximum atomic E-state index is 13.2. The van der Waals surface area contributed by atoms with Crippen LogP contribution in [0.15, 0.2) is 29.2 Å². The van der Waals surface area contributed by atoms with Crippen LogP contribution in [0.1, 0.15) is 31.2 Å². The maximum Gasteiger partial charge on any atom is 0.417 e. The fourth-order valence-corrected chi connectivity index (χ4v) is 5.58. The average molecular weight is 433 g/mol. The fraction of sp³-hybridized carbons (Fsp3) is 0.632. The number of benzene rings is 1. The van der Waals surface area contributed by atoms with Crippen LogP contribution in [0.5, 0.6) is 0 Å². The lowest BCUT2D eigenvalue weighted by Crippen LogP contribution is -2.48. The van der Waals surface area contributed by atoms with Gasteiger partial charge in [-0.05, 0) is 58.0 Å². The quantitative estimate of drug-likeness (QED) is 0.791. The van der Waals surface area contributed by atoms with Gasteiger partial charge in [0.15, 0.2) is 0 Å². The normalized spacial score (nSPS) is 21.2. The molecule has 2 saturated heterocycles. The highest BCUT2D eigenvalue weighted by molar-refractivity contribution is 7.89. The predicted octanol–water partition coefficient (Wildman–Crippen LogP) is 2.32. The summed E-state index contributed by atoms with van der Waals surface area (Å²) >= 11 is 0. The number of alkyl halides is 3. The second kappa shape index (κ2) is 8.61. The van der Waals surface area contributed by atoms with E-state index >= 15 is 0 Å². The second-order valence-corrected chi connectivity index (χ2v) is 9.66. The van der Waals surface area contributed by atoms with Crippen molar-refractivity contribution in [2.45, 2.75) is 42.8 Å². The molecular weight excluding hydrogens is 407 g/mol. The summed E-state index contributed by atoms with van der Waals surface area (Å²) in [6.45, 7) is 1.89. The standard InChI is InChI=1S/C19H26F3N3O3S/c1-24-10-8-15(9-11-24)23-18(26)14-6-12-25(13-7-14)29(27,28)17-5-3-2-4-16(17)19(20,21)22/h2-5,14-15H,6-13H2,1H3,(H,23,26). The molecule has 0 atom stereocenters. The summed E-state index contributed by atoms with van der Waals surface area (Å²) in [4.78, 5) is 14.0. The molecule has 10 heteroatoms. The zero-order chi connectivity index (χ0) is 21.2. The lowest BCUT2D eigenvalue weighted by molar-refractivity contribution is -0.139. The molecule has 6 nitrogen and oxygen atoms in total. The molecule has 29 heavy (non-hydrogen) atoms. The molecule has 0 radical (unpaired) electrons. The number of carbonyl (C=O) groups excluding carboxylic acids is 1. The van der Waals surface area contributed by atoms with Crippen molar-refractivity contribution in [1.82, 2.24) is 14.5 Å². The van der Waals surface area contributed by atoms with Gasteiger partial charge in [-0.3, -0.25) is 4.79 Å². The Balaban J connectivity index is 1.62. The number of hydrogen-bond donors (Lipinski definition) is 1. The molecule has 0 saturated carbocycles. The number of amides is 1. The minimum atomic E-state index is -4.75. The Hall–Kier alpha value is -1.65. The van der Waals surface area contributed by atoms with Crippen molar-refractivity contribution in [1.29, 1.82) is 0 Å². The molecule has 0 aromatic heterocycles. The van der Waals surface area contributed by atoms with Gasteiger partial charge in [-0.25, -0.2) is 8.42 Å². The Morgan fingerprint density at radius 3 is 2.21 bits per heavy atom. The maximum absolute atomic E-state index is 13.2. The van der Waals surface area contributed by atoms with Crippen LogP contribution in [0.2, 0.25) is 0 Å². The summed E-state index contributed by atoms with van der Waals surface area (Å²) in [6.07, 6.45) is -2.40. The molecule has 2 fully saturated rings. The third-order valence-corrected chi connectivity index (χ3v) is 7.66. The van der Waals surface area contributed by atoms with Crippen molar-refractivity contribution in [2.75, 3.05) is 33.2 Å². The molecule has 0 unspecified atom stereocenters. The topological polar surface area (TPSA) is 69.7 Å². The lowest BCUT2D eigenvalue weighted by atomic mass is 9.96. The third-order valence-electron chi connectivity index (χ3n) is 5.70. The molecule has 2 aliphatic heterocycles. The molecule has 1 aromatic rings. The first-order chi connectivity index (χ1) is 13.6. The Bertz CT molecular complexity index is 829. The Morgan fingerprint density at radius 2 is 1.62 bits per heavy atom. The number of hydrogen-bond acceptors (Lipinski definition) is 4. The zero-order valence-corrected chi connectivity index (χ0v) is 17.1. The SMILES string of the molecule is CN1CCC(NC(=O)C2CCN(S(=O)(=O)c3ccccc3C(F)(F)F)CC2)CC1. The van der Waals surface area contributed by atoms with Crippen LogP contribution >= 0.6 is 0 Å². The van der Waals surface area contributed by atoms with E-state index < -0.39 is 26.7 Å². The molecule has 1 aromatic carbocycles. The number of rotatable bonds is 4. The van der Waals surface area contributed by atoms with E-state index in [-0.39, 0.29) is 31.0 Å². The Morgan fingerprint density at radius 1 is 1.03 bits per heavy atom. The Labute approximate surface area is 169 Å². The van der Waals surface area contributed by atoms with Crippen LogP contribution in [-0.4, -0.2) is 62.8 Å². The first-order valence-electron chi connectivity index (χ1n) is 9.74. The summed E-state index contributed by atoms with van der Waals surface area (Å²) < 4.78 is 66.3. The summed E-state index contributed by atoms with van der Waals surface area (Å²) in [5.74, 6) is -0.411. The number of nitrogens with zero attached hydrogens (tertiary/aromatic N) is 2. The highest BCUT2D eigenvalue weighted by Gasteiger charge is 2.40. The molecule has 1 amide bonds. The van der Waals surface area contributed by atoms with Crippen molar-refractivity contribution in [3.8, 4) is 0 Å². The molecule has 2 aliphatic rings.